The van der Waals surface area contributed by atoms with Crippen molar-refractivity contribution in [2.75, 3.05) is 13.2 Å². The molecule has 0 saturated heterocycles. The fourth-order valence-electron chi connectivity index (χ4n) is 1.73. The maximum atomic E-state index is 8.48. The van der Waals surface area contributed by atoms with Crippen LogP contribution in [0, 0.1) is 11.3 Å². The summed E-state index contributed by atoms with van der Waals surface area (Å²) < 4.78 is 11.2. The van der Waals surface area contributed by atoms with E-state index in [1.807, 2.05) is 18.2 Å². The number of benzene rings is 1. The van der Waals surface area contributed by atoms with E-state index in [9.17, 15) is 0 Å². The van der Waals surface area contributed by atoms with Crippen molar-refractivity contribution in [1.82, 2.24) is 0 Å². The Balaban J connectivity index is 2.06. The highest BCUT2D eigenvalue weighted by atomic mass is 16.5. The summed E-state index contributed by atoms with van der Waals surface area (Å²) in [5.74, 6) is 1.67. The number of unbranched alkanes of at least 4 members (excludes halogenated alkanes) is 1. The average molecular weight is 217 g/mol. The molecule has 0 spiro atoms. The average Bonchev–Trinajstić information content (AvgIpc) is 2.54. The van der Waals surface area contributed by atoms with Gasteiger partial charge in [-0.05, 0) is 30.5 Å². The number of rotatable bonds is 3. The van der Waals surface area contributed by atoms with E-state index in [4.69, 9.17) is 14.7 Å². The topological polar surface area (TPSA) is 42.2 Å². The molecule has 0 atom stereocenters. The van der Waals surface area contributed by atoms with Crippen LogP contribution in [0.25, 0.3) is 0 Å². The summed E-state index contributed by atoms with van der Waals surface area (Å²) in [5, 5.41) is 8.48. The maximum absolute atomic E-state index is 8.48. The molecular weight excluding hydrogens is 202 g/mol. The molecule has 1 aromatic rings. The molecule has 0 unspecified atom stereocenters. The predicted octanol–water partition coefficient (Wildman–Crippen LogP) is 2.69. The minimum atomic E-state index is 0.606. The number of hydrogen-bond acceptors (Lipinski definition) is 3. The van der Waals surface area contributed by atoms with Crippen LogP contribution < -0.4 is 9.47 Å². The minimum Gasteiger partial charge on any atom is -0.490 e. The molecule has 1 aliphatic heterocycles. The van der Waals surface area contributed by atoms with Crippen molar-refractivity contribution in [3.05, 3.63) is 23.8 Å². The second-order valence-electron chi connectivity index (χ2n) is 3.84. The third-order valence-corrected chi connectivity index (χ3v) is 2.57. The summed E-state index contributed by atoms with van der Waals surface area (Å²) in [5.41, 5.74) is 1.21. The Morgan fingerprint density at radius 3 is 2.81 bits per heavy atom. The molecule has 0 N–H and O–H groups in total. The number of fused-ring (bicyclic) bond motifs is 1. The molecule has 3 nitrogen and oxygen atoms in total. The normalized spacial score (nSPS) is 13.9. The van der Waals surface area contributed by atoms with Crippen LogP contribution in [0.15, 0.2) is 18.2 Å². The Hall–Kier alpha value is -1.69. The lowest BCUT2D eigenvalue weighted by molar-refractivity contribution is 0.297. The van der Waals surface area contributed by atoms with Crippen LogP contribution in [0.5, 0.6) is 11.5 Å². The molecule has 0 aliphatic carbocycles. The van der Waals surface area contributed by atoms with Gasteiger partial charge in [0, 0.05) is 12.8 Å². The highest BCUT2D eigenvalue weighted by Crippen LogP contribution is 2.30. The molecule has 0 amide bonds. The minimum absolute atomic E-state index is 0.606. The van der Waals surface area contributed by atoms with Crippen molar-refractivity contribution in [2.45, 2.75) is 25.7 Å². The van der Waals surface area contributed by atoms with Crippen LogP contribution >= 0.6 is 0 Å². The van der Waals surface area contributed by atoms with Crippen LogP contribution in [0.2, 0.25) is 0 Å². The molecule has 0 radical (unpaired) electrons. The molecule has 1 aromatic carbocycles. The molecule has 2 rings (SSSR count). The van der Waals surface area contributed by atoms with Gasteiger partial charge < -0.3 is 9.47 Å². The first-order valence-electron chi connectivity index (χ1n) is 5.65. The first-order valence-corrected chi connectivity index (χ1v) is 5.65. The fourth-order valence-corrected chi connectivity index (χ4v) is 1.73. The van der Waals surface area contributed by atoms with Gasteiger partial charge in [0.1, 0.15) is 0 Å². The van der Waals surface area contributed by atoms with Gasteiger partial charge in [-0.3, -0.25) is 0 Å². The van der Waals surface area contributed by atoms with Gasteiger partial charge >= 0.3 is 0 Å². The number of hydrogen-bond donors (Lipinski definition) is 0. The first-order chi connectivity index (χ1) is 7.90. The highest BCUT2D eigenvalue weighted by molar-refractivity contribution is 5.43. The molecule has 1 aliphatic rings. The monoisotopic (exact) mass is 217 g/mol. The van der Waals surface area contributed by atoms with Gasteiger partial charge in [-0.1, -0.05) is 6.07 Å². The Kier molecular flexibility index (Phi) is 3.66. The van der Waals surface area contributed by atoms with Crippen LogP contribution in [-0.4, -0.2) is 13.2 Å². The lowest BCUT2D eigenvalue weighted by Crippen LogP contribution is -1.97. The van der Waals surface area contributed by atoms with Crippen LogP contribution in [0.1, 0.15) is 24.8 Å². The maximum Gasteiger partial charge on any atom is 0.161 e. The van der Waals surface area contributed by atoms with E-state index in [1.165, 1.54) is 5.56 Å². The van der Waals surface area contributed by atoms with E-state index in [2.05, 4.69) is 6.07 Å². The Morgan fingerprint density at radius 1 is 1.19 bits per heavy atom. The van der Waals surface area contributed by atoms with Crippen molar-refractivity contribution in [1.29, 1.82) is 5.26 Å². The van der Waals surface area contributed by atoms with E-state index in [-0.39, 0.29) is 0 Å². The third kappa shape index (κ3) is 2.66. The second-order valence-corrected chi connectivity index (χ2v) is 3.84. The van der Waals surface area contributed by atoms with Crippen LogP contribution in [0.4, 0.5) is 0 Å². The molecule has 0 saturated carbocycles. The summed E-state index contributed by atoms with van der Waals surface area (Å²) in [6.07, 6.45) is 3.35. The summed E-state index contributed by atoms with van der Waals surface area (Å²) in [4.78, 5) is 0. The van der Waals surface area contributed by atoms with Crippen molar-refractivity contribution < 1.29 is 9.47 Å². The number of aryl methyl sites for hydroxylation is 1. The second kappa shape index (κ2) is 5.41. The van der Waals surface area contributed by atoms with E-state index >= 15 is 0 Å². The van der Waals surface area contributed by atoms with Crippen LogP contribution in [0.3, 0.4) is 0 Å². The van der Waals surface area contributed by atoms with Gasteiger partial charge in [0.15, 0.2) is 11.5 Å². The standard InChI is InChI=1S/C13H15NO2/c14-7-2-1-4-11-5-6-12-13(10-11)16-9-3-8-15-12/h5-6,10H,1-4,8-9H2. The van der Waals surface area contributed by atoms with Crippen molar-refractivity contribution >= 4 is 0 Å². The van der Waals surface area contributed by atoms with Crippen molar-refractivity contribution in [3.8, 4) is 17.6 Å². The predicted molar refractivity (Wildman–Crippen MR) is 60.6 cm³/mol. The largest absolute Gasteiger partial charge is 0.490 e. The SMILES string of the molecule is N#CCCCc1ccc2c(c1)OCCCO2. The molecular formula is C13H15NO2. The van der Waals surface area contributed by atoms with Gasteiger partial charge in [0.2, 0.25) is 0 Å². The lowest BCUT2D eigenvalue weighted by atomic mass is 10.1. The van der Waals surface area contributed by atoms with Gasteiger partial charge in [0.05, 0.1) is 19.3 Å². The van der Waals surface area contributed by atoms with Crippen LogP contribution in [-0.2, 0) is 6.42 Å². The smallest absolute Gasteiger partial charge is 0.161 e. The molecule has 0 bridgehead atoms. The quantitative estimate of drug-likeness (QED) is 0.731. The van der Waals surface area contributed by atoms with E-state index in [0.717, 1.165) is 37.4 Å². The summed E-state index contributed by atoms with van der Waals surface area (Å²) in [6, 6.07) is 8.19. The van der Waals surface area contributed by atoms with Gasteiger partial charge in [-0.25, -0.2) is 0 Å². The Bertz CT molecular complexity index is 395. The molecule has 0 aromatic heterocycles. The third-order valence-electron chi connectivity index (χ3n) is 2.57. The van der Waals surface area contributed by atoms with E-state index < -0.39 is 0 Å². The molecule has 1 heterocycles. The number of nitriles is 1. The summed E-state index contributed by atoms with van der Waals surface area (Å²) >= 11 is 0. The first kappa shape index (κ1) is 10.8. The number of ether oxygens (including phenoxy) is 2. The van der Waals surface area contributed by atoms with E-state index in [1.54, 1.807) is 0 Å². The fraction of sp³-hybridized carbons (Fsp3) is 0.462. The van der Waals surface area contributed by atoms with Gasteiger partial charge in [-0.15, -0.1) is 0 Å². The summed E-state index contributed by atoms with van der Waals surface area (Å²) in [6.45, 7) is 1.44. The zero-order valence-electron chi connectivity index (χ0n) is 9.24. The van der Waals surface area contributed by atoms with Gasteiger partial charge in [-0.2, -0.15) is 5.26 Å². The van der Waals surface area contributed by atoms with E-state index in [0.29, 0.717) is 13.0 Å². The van der Waals surface area contributed by atoms with Crippen molar-refractivity contribution in [3.63, 3.8) is 0 Å². The lowest BCUT2D eigenvalue weighted by Gasteiger charge is -2.08. The Morgan fingerprint density at radius 2 is 2.00 bits per heavy atom. The zero-order valence-corrected chi connectivity index (χ0v) is 9.24. The molecule has 3 heteroatoms. The Labute approximate surface area is 95.6 Å². The molecule has 16 heavy (non-hydrogen) atoms. The van der Waals surface area contributed by atoms with Gasteiger partial charge in [0.25, 0.3) is 0 Å². The summed E-state index contributed by atoms with van der Waals surface area (Å²) in [7, 11) is 0. The zero-order chi connectivity index (χ0) is 11.2. The highest BCUT2D eigenvalue weighted by Gasteiger charge is 2.10. The number of nitrogens with zero attached hydrogens (tertiary/aromatic N) is 1. The molecule has 0 fully saturated rings. The van der Waals surface area contributed by atoms with Crippen molar-refractivity contribution in [2.24, 2.45) is 0 Å². The molecule has 84 valence electrons.